The highest BCUT2D eigenvalue weighted by molar-refractivity contribution is 5.92. The van der Waals surface area contributed by atoms with Gasteiger partial charge in [0.2, 0.25) is 5.91 Å². The molecule has 5 heteroatoms. The zero-order valence-corrected chi connectivity index (χ0v) is 12.1. The van der Waals surface area contributed by atoms with Gasteiger partial charge in [-0.25, -0.2) is 8.78 Å². The second-order valence-corrected chi connectivity index (χ2v) is 5.61. The zero-order chi connectivity index (χ0) is 15.1. The Kier molecular flexibility index (Phi) is 6.11. The fraction of sp³-hybridized carbons (Fsp3) is 0.562. The maximum Gasteiger partial charge on any atom is 0.238 e. The van der Waals surface area contributed by atoms with Gasteiger partial charge in [0.1, 0.15) is 17.3 Å². The van der Waals surface area contributed by atoms with Crippen molar-refractivity contribution >= 4 is 11.6 Å². The average Bonchev–Trinajstić information content (AvgIpc) is 2.49. The Labute approximate surface area is 124 Å². The largest absolute Gasteiger partial charge is 0.320 e. The van der Waals surface area contributed by atoms with E-state index in [2.05, 4.69) is 10.6 Å². The van der Waals surface area contributed by atoms with Gasteiger partial charge in [-0.2, -0.15) is 0 Å². The number of halogens is 2. The fourth-order valence-electron chi connectivity index (χ4n) is 2.78. The van der Waals surface area contributed by atoms with Gasteiger partial charge in [0.05, 0.1) is 6.54 Å². The maximum atomic E-state index is 13.4. The molecule has 0 bridgehead atoms. The number of carbonyl (C=O) groups excluding carboxylic acids is 1. The zero-order valence-electron chi connectivity index (χ0n) is 12.1. The smallest absolute Gasteiger partial charge is 0.238 e. The summed E-state index contributed by atoms with van der Waals surface area (Å²) in [5.41, 5.74) is -0.378. The number of carbonyl (C=O) groups is 1. The highest BCUT2D eigenvalue weighted by Gasteiger charge is 2.14. The Hall–Kier alpha value is -1.49. The molecule has 1 aliphatic carbocycles. The van der Waals surface area contributed by atoms with Crippen LogP contribution < -0.4 is 10.6 Å². The summed E-state index contributed by atoms with van der Waals surface area (Å²) in [4.78, 5) is 11.7. The van der Waals surface area contributed by atoms with Crippen molar-refractivity contribution in [2.45, 2.75) is 38.5 Å². The SMILES string of the molecule is O=C(CNCCC1CCCCC1)Nc1c(F)cccc1F. The van der Waals surface area contributed by atoms with Crippen LogP contribution >= 0.6 is 0 Å². The quantitative estimate of drug-likeness (QED) is 0.789. The summed E-state index contributed by atoms with van der Waals surface area (Å²) in [6.45, 7) is 0.832. The fourth-order valence-corrected chi connectivity index (χ4v) is 2.78. The van der Waals surface area contributed by atoms with Gasteiger partial charge < -0.3 is 10.6 Å². The number of nitrogens with one attached hydrogen (secondary N) is 2. The van der Waals surface area contributed by atoms with Gasteiger partial charge in [0.15, 0.2) is 0 Å². The summed E-state index contributed by atoms with van der Waals surface area (Å²) >= 11 is 0. The molecule has 0 aliphatic heterocycles. The third-order valence-corrected chi connectivity index (χ3v) is 3.97. The van der Waals surface area contributed by atoms with E-state index in [1.165, 1.54) is 38.2 Å². The van der Waals surface area contributed by atoms with E-state index < -0.39 is 17.5 Å². The molecule has 0 spiro atoms. The van der Waals surface area contributed by atoms with Gasteiger partial charge in [-0.15, -0.1) is 0 Å². The minimum atomic E-state index is -0.759. The molecule has 1 fully saturated rings. The van der Waals surface area contributed by atoms with Crippen LogP contribution in [-0.4, -0.2) is 19.0 Å². The van der Waals surface area contributed by atoms with E-state index in [1.807, 2.05) is 0 Å². The number of benzene rings is 1. The Morgan fingerprint density at radius 3 is 2.48 bits per heavy atom. The van der Waals surface area contributed by atoms with Crippen molar-refractivity contribution in [3.05, 3.63) is 29.8 Å². The first kappa shape index (κ1) is 15.9. The van der Waals surface area contributed by atoms with Crippen molar-refractivity contribution in [1.82, 2.24) is 5.32 Å². The summed E-state index contributed by atoms with van der Waals surface area (Å²) in [5.74, 6) is -1.20. The summed E-state index contributed by atoms with van der Waals surface area (Å²) < 4.78 is 26.7. The molecular weight excluding hydrogens is 274 g/mol. The second kappa shape index (κ2) is 8.08. The van der Waals surface area contributed by atoms with Gasteiger partial charge in [-0.1, -0.05) is 38.2 Å². The van der Waals surface area contributed by atoms with Crippen molar-refractivity contribution in [3.8, 4) is 0 Å². The van der Waals surface area contributed by atoms with Gasteiger partial charge in [0, 0.05) is 0 Å². The van der Waals surface area contributed by atoms with Gasteiger partial charge in [-0.05, 0) is 31.0 Å². The van der Waals surface area contributed by atoms with Crippen LogP contribution in [-0.2, 0) is 4.79 Å². The van der Waals surface area contributed by atoms with E-state index >= 15 is 0 Å². The van der Waals surface area contributed by atoms with Crippen LogP contribution in [0.3, 0.4) is 0 Å². The minimum absolute atomic E-state index is 0.0699. The third kappa shape index (κ3) is 5.08. The molecule has 3 nitrogen and oxygen atoms in total. The third-order valence-electron chi connectivity index (χ3n) is 3.97. The normalized spacial score (nSPS) is 15.9. The lowest BCUT2D eigenvalue weighted by Gasteiger charge is -2.21. The van der Waals surface area contributed by atoms with Crippen LogP contribution in [0, 0.1) is 17.6 Å². The molecule has 0 heterocycles. The minimum Gasteiger partial charge on any atom is -0.320 e. The number of hydrogen-bond donors (Lipinski definition) is 2. The van der Waals surface area contributed by atoms with Gasteiger partial charge >= 0.3 is 0 Å². The van der Waals surface area contributed by atoms with Crippen molar-refractivity contribution in [3.63, 3.8) is 0 Å². The molecular formula is C16H22F2N2O. The molecule has 0 unspecified atom stereocenters. The van der Waals surface area contributed by atoms with Crippen LogP contribution in [0.1, 0.15) is 38.5 Å². The molecule has 0 radical (unpaired) electrons. The van der Waals surface area contributed by atoms with Crippen LogP contribution in [0.4, 0.5) is 14.5 Å². The molecule has 1 aliphatic rings. The number of rotatable bonds is 6. The van der Waals surface area contributed by atoms with E-state index in [0.717, 1.165) is 31.0 Å². The topological polar surface area (TPSA) is 41.1 Å². The first-order chi connectivity index (χ1) is 10.2. The van der Waals surface area contributed by atoms with Crippen molar-refractivity contribution in [2.24, 2.45) is 5.92 Å². The molecule has 116 valence electrons. The average molecular weight is 296 g/mol. The van der Waals surface area contributed by atoms with Crippen molar-refractivity contribution < 1.29 is 13.6 Å². The Morgan fingerprint density at radius 2 is 1.81 bits per heavy atom. The molecule has 0 saturated heterocycles. The van der Waals surface area contributed by atoms with Gasteiger partial charge in [-0.3, -0.25) is 4.79 Å². The molecule has 1 saturated carbocycles. The van der Waals surface area contributed by atoms with Crippen molar-refractivity contribution in [1.29, 1.82) is 0 Å². The second-order valence-electron chi connectivity index (χ2n) is 5.61. The molecule has 2 N–H and O–H groups in total. The number of anilines is 1. The lowest BCUT2D eigenvalue weighted by Crippen LogP contribution is -2.30. The number of para-hydroxylation sites is 1. The molecule has 1 amide bonds. The first-order valence-electron chi connectivity index (χ1n) is 7.61. The van der Waals surface area contributed by atoms with Crippen LogP contribution in [0.15, 0.2) is 18.2 Å². The van der Waals surface area contributed by atoms with E-state index in [1.54, 1.807) is 0 Å². The number of amides is 1. The monoisotopic (exact) mass is 296 g/mol. The summed E-state index contributed by atoms with van der Waals surface area (Å²) in [7, 11) is 0. The van der Waals surface area contributed by atoms with E-state index in [0.29, 0.717) is 0 Å². The molecule has 1 aromatic rings. The predicted molar refractivity (Wildman–Crippen MR) is 79.0 cm³/mol. The summed E-state index contributed by atoms with van der Waals surface area (Å²) in [6, 6.07) is 3.51. The lowest BCUT2D eigenvalue weighted by atomic mass is 9.87. The summed E-state index contributed by atoms with van der Waals surface area (Å²) in [5, 5.41) is 5.30. The molecule has 21 heavy (non-hydrogen) atoms. The molecule has 1 aromatic carbocycles. The maximum absolute atomic E-state index is 13.4. The lowest BCUT2D eigenvalue weighted by molar-refractivity contribution is -0.115. The summed E-state index contributed by atoms with van der Waals surface area (Å²) in [6.07, 6.45) is 7.54. The standard InChI is InChI=1S/C16H22F2N2O/c17-13-7-4-8-14(18)16(13)20-15(21)11-19-10-9-12-5-2-1-3-6-12/h4,7-8,12,19H,1-3,5-6,9-11H2,(H,20,21). The van der Waals surface area contributed by atoms with Crippen LogP contribution in [0.5, 0.6) is 0 Å². The Balaban J connectivity index is 1.67. The molecule has 2 rings (SSSR count). The van der Waals surface area contributed by atoms with E-state index in [-0.39, 0.29) is 12.2 Å². The Morgan fingerprint density at radius 1 is 1.14 bits per heavy atom. The van der Waals surface area contributed by atoms with Crippen LogP contribution in [0.25, 0.3) is 0 Å². The van der Waals surface area contributed by atoms with E-state index in [4.69, 9.17) is 0 Å². The highest BCUT2D eigenvalue weighted by atomic mass is 19.1. The van der Waals surface area contributed by atoms with E-state index in [9.17, 15) is 13.6 Å². The highest BCUT2D eigenvalue weighted by Crippen LogP contribution is 2.25. The molecule has 0 atom stereocenters. The predicted octanol–water partition coefficient (Wildman–Crippen LogP) is 3.46. The Bertz CT molecular complexity index is 453. The van der Waals surface area contributed by atoms with Gasteiger partial charge in [0.25, 0.3) is 0 Å². The molecule has 0 aromatic heterocycles. The van der Waals surface area contributed by atoms with Crippen molar-refractivity contribution in [2.75, 3.05) is 18.4 Å². The number of hydrogen-bond acceptors (Lipinski definition) is 2. The first-order valence-corrected chi connectivity index (χ1v) is 7.61. The van der Waals surface area contributed by atoms with Crippen LogP contribution in [0.2, 0.25) is 0 Å².